The van der Waals surface area contributed by atoms with Gasteiger partial charge in [-0.15, -0.1) is 0 Å². The number of rotatable bonds is 5. The minimum Gasteiger partial charge on any atom is -0.311 e. The van der Waals surface area contributed by atoms with E-state index in [1.165, 1.54) is 0 Å². The summed E-state index contributed by atoms with van der Waals surface area (Å²) in [6.45, 7) is 0. The highest BCUT2D eigenvalue weighted by molar-refractivity contribution is 6.30. The van der Waals surface area contributed by atoms with Gasteiger partial charge in [0.1, 0.15) is 5.82 Å². The summed E-state index contributed by atoms with van der Waals surface area (Å²) in [5.41, 5.74) is 2.77. The smallest absolute Gasteiger partial charge is 0.225 e. The zero-order valence-electron chi connectivity index (χ0n) is 12.9. The van der Waals surface area contributed by atoms with Gasteiger partial charge >= 0.3 is 0 Å². The Hall–Kier alpha value is -2.14. The number of aromatic nitrogens is 2. The maximum absolute atomic E-state index is 12.1. The van der Waals surface area contributed by atoms with Crippen LogP contribution in [0.25, 0.3) is 0 Å². The monoisotopic (exact) mass is 331 g/mol. The molecule has 0 saturated carbocycles. The molecule has 0 atom stereocenters. The Kier molecular flexibility index (Phi) is 4.48. The van der Waals surface area contributed by atoms with Gasteiger partial charge in [0.2, 0.25) is 5.91 Å². The molecule has 1 N–H and O–H groups in total. The number of aryl methyl sites for hydroxylation is 2. The number of nitrogens with one attached hydrogen (secondary N) is 1. The molecule has 23 heavy (non-hydrogen) atoms. The maximum Gasteiger partial charge on any atom is 0.225 e. The number of hydrogen-bond acceptors (Lipinski definition) is 3. The number of carbonyl (C=O) groups excluding carboxylic acids is 2. The third-order valence-electron chi connectivity index (χ3n) is 4.07. The molecule has 0 bridgehead atoms. The summed E-state index contributed by atoms with van der Waals surface area (Å²) < 4.78 is 1.71. The van der Waals surface area contributed by atoms with Gasteiger partial charge in [0.25, 0.3) is 0 Å². The van der Waals surface area contributed by atoms with Crippen LogP contribution in [-0.4, -0.2) is 21.5 Å². The van der Waals surface area contributed by atoms with E-state index in [-0.39, 0.29) is 24.5 Å². The molecule has 5 nitrogen and oxygen atoms in total. The van der Waals surface area contributed by atoms with Crippen molar-refractivity contribution in [2.45, 2.75) is 32.1 Å². The lowest BCUT2D eigenvalue weighted by molar-refractivity contribution is -0.116. The number of ketones is 1. The maximum atomic E-state index is 12.1. The summed E-state index contributed by atoms with van der Waals surface area (Å²) in [7, 11) is 1.83. The molecule has 0 aliphatic heterocycles. The fraction of sp³-hybridized carbons (Fsp3) is 0.353. The van der Waals surface area contributed by atoms with Crippen molar-refractivity contribution in [2.24, 2.45) is 7.05 Å². The van der Waals surface area contributed by atoms with Gasteiger partial charge in [0.05, 0.1) is 5.69 Å². The molecule has 2 aromatic rings. The topological polar surface area (TPSA) is 64.0 Å². The molecule has 0 radical (unpaired) electrons. The molecule has 0 spiro atoms. The van der Waals surface area contributed by atoms with Crippen molar-refractivity contribution in [1.29, 1.82) is 0 Å². The van der Waals surface area contributed by atoms with Crippen LogP contribution in [0.5, 0.6) is 0 Å². The van der Waals surface area contributed by atoms with E-state index < -0.39 is 0 Å². The first kappa shape index (κ1) is 15.7. The molecule has 0 unspecified atom stereocenters. The third kappa shape index (κ3) is 3.45. The number of hydrogen-bond donors (Lipinski definition) is 1. The van der Waals surface area contributed by atoms with Crippen LogP contribution in [0, 0.1) is 0 Å². The Morgan fingerprint density at radius 2 is 1.96 bits per heavy atom. The van der Waals surface area contributed by atoms with Gasteiger partial charge in [0.15, 0.2) is 5.78 Å². The van der Waals surface area contributed by atoms with Crippen LogP contribution in [0.15, 0.2) is 24.3 Å². The number of fused-ring (bicyclic) bond motifs is 1. The van der Waals surface area contributed by atoms with Crippen molar-refractivity contribution in [3.63, 3.8) is 0 Å². The fourth-order valence-corrected chi connectivity index (χ4v) is 3.00. The van der Waals surface area contributed by atoms with Crippen molar-refractivity contribution in [1.82, 2.24) is 9.78 Å². The fourth-order valence-electron chi connectivity index (χ4n) is 2.88. The van der Waals surface area contributed by atoms with Crippen LogP contribution in [0.4, 0.5) is 5.82 Å². The summed E-state index contributed by atoms with van der Waals surface area (Å²) in [6.07, 6.45) is 3.32. The lowest BCUT2D eigenvalue weighted by Crippen LogP contribution is -2.16. The van der Waals surface area contributed by atoms with Crippen LogP contribution in [0.2, 0.25) is 5.02 Å². The summed E-state index contributed by atoms with van der Waals surface area (Å²) in [6, 6.07) is 6.70. The SMILES string of the molecule is Cn1nc2c(c1NC(=O)CCC(=O)c1ccc(Cl)cc1)CCC2. The Balaban J connectivity index is 1.58. The average molecular weight is 332 g/mol. The van der Waals surface area contributed by atoms with Crippen LogP contribution in [-0.2, 0) is 24.7 Å². The van der Waals surface area contributed by atoms with Crippen LogP contribution in [0.3, 0.4) is 0 Å². The van der Waals surface area contributed by atoms with Crippen molar-refractivity contribution < 1.29 is 9.59 Å². The minimum absolute atomic E-state index is 0.0629. The lowest BCUT2D eigenvalue weighted by Gasteiger charge is -2.07. The van der Waals surface area contributed by atoms with Crippen molar-refractivity contribution in [3.8, 4) is 0 Å². The Morgan fingerprint density at radius 1 is 1.22 bits per heavy atom. The summed E-state index contributed by atoms with van der Waals surface area (Å²) in [5.74, 6) is 0.540. The average Bonchev–Trinajstić information content (AvgIpc) is 3.08. The van der Waals surface area contributed by atoms with E-state index in [4.69, 9.17) is 11.6 Å². The van der Waals surface area contributed by atoms with Crippen LogP contribution >= 0.6 is 11.6 Å². The number of carbonyl (C=O) groups is 2. The number of benzene rings is 1. The Bertz CT molecular complexity index is 750. The van der Waals surface area contributed by atoms with Crippen LogP contribution < -0.4 is 5.32 Å². The highest BCUT2D eigenvalue weighted by Crippen LogP contribution is 2.28. The summed E-state index contributed by atoms with van der Waals surface area (Å²) in [4.78, 5) is 24.2. The number of anilines is 1. The van der Waals surface area contributed by atoms with Gasteiger partial charge in [-0.25, -0.2) is 0 Å². The van der Waals surface area contributed by atoms with E-state index in [0.29, 0.717) is 10.6 Å². The van der Waals surface area contributed by atoms with Gasteiger partial charge in [-0.05, 0) is 43.5 Å². The van der Waals surface area contributed by atoms with Gasteiger partial charge in [-0.3, -0.25) is 14.3 Å². The number of amides is 1. The molecule has 1 aliphatic rings. The molecule has 6 heteroatoms. The molecule has 1 aromatic heterocycles. The van der Waals surface area contributed by atoms with Crippen molar-refractivity contribution >= 4 is 29.1 Å². The molecule has 0 fully saturated rings. The van der Waals surface area contributed by atoms with E-state index >= 15 is 0 Å². The first-order valence-electron chi connectivity index (χ1n) is 7.68. The van der Waals surface area contributed by atoms with Crippen molar-refractivity contribution in [2.75, 3.05) is 5.32 Å². The molecule has 1 amide bonds. The zero-order valence-corrected chi connectivity index (χ0v) is 13.7. The predicted octanol–water partition coefficient (Wildman–Crippen LogP) is 3.16. The molecule has 120 valence electrons. The van der Waals surface area contributed by atoms with Gasteiger partial charge in [-0.2, -0.15) is 5.10 Å². The molecule has 1 aromatic carbocycles. The molecule has 1 heterocycles. The predicted molar refractivity (Wildman–Crippen MR) is 88.9 cm³/mol. The van der Waals surface area contributed by atoms with Crippen molar-refractivity contribution in [3.05, 3.63) is 46.1 Å². The number of Topliss-reactive ketones (excluding diaryl/α,β-unsaturated/α-hetero) is 1. The second kappa shape index (κ2) is 6.54. The third-order valence-corrected chi connectivity index (χ3v) is 4.32. The van der Waals surface area contributed by atoms with E-state index in [0.717, 1.165) is 36.3 Å². The molecule has 3 rings (SSSR count). The zero-order chi connectivity index (χ0) is 16.4. The quantitative estimate of drug-likeness (QED) is 0.856. The second-order valence-electron chi connectivity index (χ2n) is 5.73. The standard InChI is InChI=1S/C17H18ClN3O2/c1-21-17(13-3-2-4-14(13)20-21)19-16(23)10-9-15(22)11-5-7-12(18)8-6-11/h5-8H,2-4,9-10H2,1H3,(H,19,23). The molecular formula is C17H18ClN3O2. The number of halogens is 1. The summed E-state index contributed by atoms with van der Waals surface area (Å²) in [5, 5.41) is 7.90. The molecule has 1 aliphatic carbocycles. The summed E-state index contributed by atoms with van der Waals surface area (Å²) >= 11 is 5.80. The molecule has 0 saturated heterocycles. The first-order chi connectivity index (χ1) is 11.0. The van der Waals surface area contributed by atoms with E-state index in [2.05, 4.69) is 10.4 Å². The van der Waals surface area contributed by atoms with E-state index in [9.17, 15) is 9.59 Å². The van der Waals surface area contributed by atoms with Gasteiger partial charge in [0, 0.05) is 36.0 Å². The molecular weight excluding hydrogens is 314 g/mol. The largest absolute Gasteiger partial charge is 0.311 e. The van der Waals surface area contributed by atoms with E-state index in [1.54, 1.807) is 28.9 Å². The Morgan fingerprint density at radius 3 is 2.70 bits per heavy atom. The first-order valence-corrected chi connectivity index (χ1v) is 8.06. The normalized spacial score (nSPS) is 13.0. The van der Waals surface area contributed by atoms with Gasteiger partial charge < -0.3 is 5.32 Å². The van der Waals surface area contributed by atoms with E-state index in [1.807, 2.05) is 7.05 Å². The minimum atomic E-state index is -0.162. The number of nitrogens with zero attached hydrogens (tertiary/aromatic N) is 2. The highest BCUT2D eigenvalue weighted by Gasteiger charge is 2.22. The Labute approximate surface area is 139 Å². The van der Waals surface area contributed by atoms with Crippen LogP contribution in [0.1, 0.15) is 40.9 Å². The van der Waals surface area contributed by atoms with Gasteiger partial charge in [-0.1, -0.05) is 11.6 Å². The lowest BCUT2D eigenvalue weighted by atomic mass is 10.1. The highest BCUT2D eigenvalue weighted by atomic mass is 35.5. The second-order valence-corrected chi connectivity index (χ2v) is 6.17.